The number of benzene rings is 2. The fourth-order valence-electron chi connectivity index (χ4n) is 2.11. The van der Waals surface area contributed by atoms with Crippen LogP contribution in [0.3, 0.4) is 0 Å². The molecule has 6 heteroatoms. The molecule has 1 N–H and O–H groups in total. The van der Waals surface area contributed by atoms with Crippen molar-refractivity contribution in [3.05, 3.63) is 52.0 Å². The van der Waals surface area contributed by atoms with Crippen molar-refractivity contribution in [1.82, 2.24) is 9.97 Å². The summed E-state index contributed by atoms with van der Waals surface area (Å²) >= 11 is 3.41. The van der Waals surface area contributed by atoms with Gasteiger partial charge >= 0.3 is 6.18 Å². The lowest BCUT2D eigenvalue weighted by Gasteiger charge is -2.05. The minimum atomic E-state index is -4.35. The normalized spacial score (nSPS) is 12.0. The van der Waals surface area contributed by atoms with Crippen LogP contribution < -0.4 is 0 Å². The minimum Gasteiger partial charge on any atom is -0.338 e. The second-order valence-electron chi connectivity index (χ2n) is 4.78. The maximum Gasteiger partial charge on any atom is 0.416 e. The van der Waals surface area contributed by atoms with E-state index in [4.69, 9.17) is 0 Å². The number of nitrogens with one attached hydrogen (secondary N) is 1. The van der Waals surface area contributed by atoms with Crippen LogP contribution in [0.15, 0.2) is 40.9 Å². The summed E-state index contributed by atoms with van der Waals surface area (Å²) in [5.74, 6) is 0.555. The number of rotatable bonds is 1. The topological polar surface area (TPSA) is 28.7 Å². The van der Waals surface area contributed by atoms with Gasteiger partial charge in [-0.15, -0.1) is 0 Å². The number of halogens is 4. The van der Waals surface area contributed by atoms with Crippen LogP contribution in [-0.2, 0) is 6.18 Å². The first-order chi connectivity index (χ1) is 9.84. The molecule has 0 saturated heterocycles. The van der Waals surface area contributed by atoms with Crippen LogP contribution in [0.2, 0.25) is 0 Å². The van der Waals surface area contributed by atoms with Gasteiger partial charge in [-0.1, -0.05) is 22.0 Å². The largest absolute Gasteiger partial charge is 0.416 e. The first-order valence-electron chi connectivity index (χ1n) is 6.18. The van der Waals surface area contributed by atoms with E-state index in [1.54, 1.807) is 0 Å². The number of alkyl halides is 3. The molecule has 2 nitrogen and oxygen atoms in total. The summed E-state index contributed by atoms with van der Waals surface area (Å²) in [5, 5.41) is 0. The van der Waals surface area contributed by atoms with Gasteiger partial charge in [-0.3, -0.25) is 0 Å². The Morgan fingerprint density at radius 2 is 1.86 bits per heavy atom. The molecule has 0 fully saturated rings. The Balaban J connectivity index is 2.10. The van der Waals surface area contributed by atoms with Gasteiger partial charge in [-0.2, -0.15) is 13.2 Å². The predicted molar refractivity (Wildman–Crippen MR) is 79.0 cm³/mol. The monoisotopic (exact) mass is 354 g/mol. The van der Waals surface area contributed by atoms with Crippen molar-refractivity contribution in [3.63, 3.8) is 0 Å². The number of aromatic nitrogens is 2. The summed E-state index contributed by atoms with van der Waals surface area (Å²) in [4.78, 5) is 7.28. The highest BCUT2D eigenvalue weighted by Crippen LogP contribution is 2.32. The Morgan fingerprint density at radius 1 is 1.10 bits per heavy atom. The number of hydrogen-bond donors (Lipinski definition) is 1. The Labute approximate surface area is 127 Å². The zero-order valence-electron chi connectivity index (χ0n) is 10.9. The highest BCUT2D eigenvalue weighted by Gasteiger charge is 2.30. The summed E-state index contributed by atoms with van der Waals surface area (Å²) in [7, 11) is 0. The summed E-state index contributed by atoms with van der Waals surface area (Å²) < 4.78 is 39.1. The summed E-state index contributed by atoms with van der Waals surface area (Å²) in [5.41, 5.74) is 2.07. The number of aryl methyl sites for hydroxylation is 1. The van der Waals surface area contributed by atoms with Gasteiger partial charge in [0.25, 0.3) is 0 Å². The molecular formula is C15H10BrF3N2. The number of imidazole rings is 1. The lowest BCUT2D eigenvalue weighted by molar-refractivity contribution is -0.137. The van der Waals surface area contributed by atoms with E-state index in [1.807, 2.05) is 25.1 Å². The Morgan fingerprint density at radius 3 is 2.52 bits per heavy atom. The van der Waals surface area contributed by atoms with Gasteiger partial charge < -0.3 is 4.98 Å². The average Bonchev–Trinajstić information content (AvgIpc) is 2.83. The van der Waals surface area contributed by atoms with Gasteiger partial charge in [-0.25, -0.2) is 4.98 Å². The molecule has 0 bridgehead atoms. The quantitative estimate of drug-likeness (QED) is 0.629. The van der Waals surface area contributed by atoms with Crippen LogP contribution >= 0.6 is 15.9 Å². The van der Waals surface area contributed by atoms with E-state index in [9.17, 15) is 13.2 Å². The third kappa shape index (κ3) is 2.68. The molecule has 0 amide bonds. The maximum atomic E-state index is 12.7. The van der Waals surface area contributed by atoms with Crippen molar-refractivity contribution in [2.24, 2.45) is 0 Å². The lowest BCUT2D eigenvalue weighted by atomic mass is 10.1. The van der Waals surface area contributed by atoms with Crippen LogP contribution in [0.5, 0.6) is 0 Å². The van der Waals surface area contributed by atoms with Crippen molar-refractivity contribution in [2.75, 3.05) is 0 Å². The molecular weight excluding hydrogens is 345 g/mol. The zero-order chi connectivity index (χ0) is 15.2. The van der Waals surface area contributed by atoms with Gasteiger partial charge in [0.1, 0.15) is 5.82 Å². The minimum absolute atomic E-state index is 0.375. The summed E-state index contributed by atoms with van der Waals surface area (Å²) in [6.07, 6.45) is -4.35. The van der Waals surface area contributed by atoms with E-state index >= 15 is 0 Å². The molecule has 0 radical (unpaired) electrons. The maximum absolute atomic E-state index is 12.7. The van der Waals surface area contributed by atoms with Crippen LogP contribution in [0.4, 0.5) is 13.2 Å². The Bertz CT molecular complexity index is 821. The molecule has 3 rings (SSSR count). The van der Waals surface area contributed by atoms with E-state index in [0.717, 1.165) is 27.7 Å². The smallest absolute Gasteiger partial charge is 0.338 e. The number of fused-ring (bicyclic) bond motifs is 1. The Kier molecular flexibility index (Phi) is 3.28. The van der Waals surface area contributed by atoms with Gasteiger partial charge in [0.2, 0.25) is 0 Å². The third-order valence-corrected chi connectivity index (χ3v) is 4.13. The van der Waals surface area contributed by atoms with Crippen molar-refractivity contribution in [1.29, 1.82) is 0 Å². The van der Waals surface area contributed by atoms with Gasteiger partial charge in [0.05, 0.1) is 16.6 Å². The van der Waals surface area contributed by atoms with Crippen molar-refractivity contribution in [3.8, 4) is 11.4 Å². The molecule has 108 valence electrons. The second-order valence-corrected chi connectivity index (χ2v) is 5.63. The molecule has 0 unspecified atom stereocenters. The van der Waals surface area contributed by atoms with E-state index in [0.29, 0.717) is 16.9 Å². The molecule has 0 atom stereocenters. The van der Waals surface area contributed by atoms with Gasteiger partial charge in [0, 0.05) is 10.0 Å². The van der Waals surface area contributed by atoms with Crippen molar-refractivity contribution >= 4 is 27.0 Å². The molecule has 2 aromatic carbocycles. The molecule has 0 saturated carbocycles. The zero-order valence-corrected chi connectivity index (χ0v) is 12.5. The SMILES string of the molecule is Cc1cc(-c2nc3ccc(C(F)(F)F)cc3[nH]2)ccc1Br. The molecule has 21 heavy (non-hydrogen) atoms. The number of H-pyrrole nitrogens is 1. The molecule has 0 spiro atoms. The van der Waals surface area contributed by atoms with E-state index in [1.165, 1.54) is 6.07 Å². The molecule has 1 aromatic heterocycles. The fraction of sp³-hybridized carbons (Fsp3) is 0.133. The lowest BCUT2D eigenvalue weighted by Crippen LogP contribution is -2.04. The van der Waals surface area contributed by atoms with Crippen LogP contribution in [0.1, 0.15) is 11.1 Å². The van der Waals surface area contributed by atoms with E-state index in [2.05, 4.69) is 25.9 Å². The molecule has 0 aliphatic rings. The molecule has 3 aromatic rings. The number of aromatic amines is 1. The molecule has 1 heterocycles. The summed E-state index contributed by atoms with van der Waals surface area (Å²) in [6, 6.07) is 9.17. The molecule has 0 aliphatic carbocycles. The first-order valence-corrected chi connectivity index (χ1v) is 6.97. The van der Waals surface area contributed by atoms with Gasteiger partial charge in [-0.05, 0) is 42.8 Å². The van der Waals surface area contributed by atoms with Crippen molar-refractivity contribution < 1.29 is 13.2 Å². The van der Waals surface area contributed by atoms with Crippen molar-refractivity contribution in [2.45, 2.75) is 13.1 Å². The fourth-order valence-corrected chi connectivity index (χ4v) is 2.36. The number of hydrogen-bond acceptors (Lipinski definition) is 1. The van der Waals surface area contributed by atoms with Crippen LogP contribution in [0.25, 0.3) is 22.4 Å². The molecule has 0 aliphatic heterocycles. The Hall–Kier alpha value is -1.82. The highest BCUT2D eigenvalue weighted by molar-refractivity contribution is 9.10. The van der Waals surface area contributed by atoms with Crippen LogP contribution in [-0.4, -0.2) is 9.97 Å². The average molecular weight is 355 g/mol. The van der Waals surface area contributed by atoms with Gasteiger partial charge in [0.15, 0.2) is 0 Å². The number of nitrogens with zero attached hydrogens (tertiary/aromatic N) is 1. The first kappa shape index (κ1) is 14.1. The van der Waals surface area contributed by atoms with Crippen LogP contribution in [0, 0.1) is 6.92 Å². The predicted octanol–water partition coefficient (Wildman–Crippen LogP) is 5.32. The van der Waals surface area contributed by atoms with E-state index < -0.39 is 11.7 Å². The second kappa shape index (κ2) is 4.87. The third-order valence-electron chi connectivity index (χ3n) is 3.24. The summed E-state index contributed by atoms with van der Waals surface area (Å²) in [6.45, 7) is 1.94. The highest BCUT2D eigenvalue weighted by atomic mass is 79.9. The standard InChI is InChI=1S/C15H10BrF3N2/c1-8-6-9(2-4-11(8)16)14-20-12-5-3-10(15(17,18)19)7-13(12)21-14/h2-7H,1H3,(H,20,21). The van der Waals surface area contributed by atoms with E-state index in [-0.39, 0.29) is 0 Å².